The molecule has 1 aromatic rings. The Labute approximate surface area is 122 Å². The van der Waals surface area contributed by atoms with Crippen molar-refractivity contribution in [2.75, 3.05) is 26.8 Å². The highest BCUT2D eigenvalue weighted by molar-refractivity contribution is 5.77. The second-order valence-electron chi connectivity index (χ2n) is 4.47. The van der Waals surface area contributed by atoms with E-state index in [1.54, 1.807) is 0 Å². The van der Waals surface area contributed by atoms with Gasteiger partial charge in [-0.2, -0.15) is 0 Å². The molecule has 2 N–H and O–H groups in total. The molecule has 2 rings (SSSR count). The lowest BCUT2D eigenvalue weighted by molar-refractivity contribution is -0.121. The van der Waals surface area contributed by atoms with Gasteiger partial charge in [0.15, 0.2) is 11.5 Å². The molecule has 1 aliphatic heterocycles. The molecule has 1 aromatic carbocycles. The molecule has 114 valence electrons. The number of hydrogen-bond donors (Lipinski definition) is 2. The zero-order valence-corrected chi connectivity index (χ0v) is 11.8. The fourth-order valence-corrected chi connectivity index (χ4v) is 1.83. The largest absolute Gasteiger partial charge is 0.486 e. The van der Waals surface area contributed by atoms with Crippen LogP contribution >= 0.6 is 0 Å². The summed E-state index contributed by atoms with van der Waals surface area (Å²) in [7, 11) is 1.27. The summed E-state index contributed by atoms with van der Waals surface area (Å²) in [6.45, 7) is 0.965. The number of fused-ring (bicyclic) bond motifs is 1. The Bertz CT molecular complexity index is 506. The van der Waals surface area contributed by atoms with Crippen molar-refractivity contribution in [3.63, 3.8) is 0 Å². The van der Waals surface area contributed by atoms with Crippen LogP contribution in [0.4, 0.5) is 4.79 Å². The molecule has 0 saturated heterocycles. The number of rotatable bonds is 5. The predicted octanol–water partition coefficient (Wildman–Crippen LogP) is 0.689. The lowest BCUT2D eigenvalue weighted by atomic mass is 10.2. The van der Waals surface area contributed by atoms with E-state index in [9.17, 15) is 9.59 Å². The van der Waals surface area contributed by atoms with Gasteiger partial charge in [-0.1, -0.05) is 12.1 Å². The van der Waals surface area contributed by atoms with Crippen LogP contribution < -0.4 is 20.1 Å². The van der Waals surface area contributed by atoms with Crippen molar-refractivity contribution in [1.82, 2.24) is 10.6 Å². The van der Waals surface area contributed by atoms with E-state index in [1.165, 1.54) is 7.11 Å². The highest BCUT2D eigenvalue weighted by Crippen LogP contribution is 2.30. The molecule has 1 atom stereocenters. The van der Waals surface area contributed by atoms with E-state index in [1.807, 2.05) is 24.3 Å². The van der Waals surface area contributed by atoms with Crippen molar-refractivity contribution in [1.29, 1.82) is 0 Å². The van der Waals surface area contributed by atoms with Gasteiger partial charge in [-0.15, -0.1) is 0 Å². The number of methoxy groups -OCH3 is 1. The summed E-state index contributed by atoms with van der Waals surface area (Å²) in [4.78, 5) is 22.4. The average Bonchev–Trinajstić information content (AvgIpc) is 2.52. The Morgan fingerprint density at radius 2 is 2.05 bits per heavy atom. The number of hydrogen-bond acceptors (Lipinski definition) is 5. The maximum Gasteiger partial charge on any atom is 0.406 e. The van der Waals surface area contributed by atoms with Crippen molar-refractivity contribution in [2.45, 2.75) is 12.5 Å². The van der Waals surface area contributed by atoms with Crippen molar-refractivity contribution in [3.05, 3.63) is 24.3 Å². The third-order valence-corrected chi connectivity index (χ3v) is 2.90. The highest BCUT2D eigenvalue weighted by atomic mass is 16.6. The van der Waals surface area contributed by atoms with Crippen LogP contribution in [0.15, 0.2) is 24.3 Å². The number of amides is 2. The summed E-state index contributed by atoms with van der Waals surface area (Å²) >= 11 is 0. The van der Waals surface area contributed by atoms with E-state index in [0.717, 1.165) is 0 Å². The summed E-state index contributed by atoms with van der Waals surface area (Å²) in [6, 6.07) is 7.40. The van der Waals surface area contributed by atoms with Crippen molar-refractivity contribution < 1.29 is 23.8 Å². The molecule has 1 aliphatic rings. The van der Waals surface area contributed by atoms with Gasteiger partial charge >= 0.3 is 6.09 Å². The first-order valence-electron chi connectivity index (χ1n) is 6.66. The number of ether oxygens (including phenoxy) is 3. The number of benzene rings is 1. The Balaban J connectivity index is 1.67. The van der Waals surface area contributed by atoms with Crippen LogP contribution in [0, 0.1) is 0 Å². The SMILES string of the molecule is COC(=O)NCCC(=O)NCC1COc2ccccc2O1. The first kappa shape index (κ1) is 15.0. The maximum atomic E-state index is 11.6. The molecule has 0 fully saturated rings. The highest BCUT2D eigenvalue weighted by Gasteiger charge is 2.20. The zero-order chi connectivity index (χ0) is 15.1. The second kappa shape index (κ2) is 7.37. The number of carbonyl (C=O) groups excluding carboxylic acids is 2. The molecule has 1 heterocycles. The Kier molecular flexibility index (Phi) is 5.25. The van der Waals surface area contributed by atoms with Gasteiger partial charge in [-0.3, -0.25) is 4.79 Å². The minimum absolute atomic E-state index is 0.172. The molecule has 0 aliphatic carbocycles. The first-order valence-corrected chi connectivity index (χ1v) is 6.66. The summed E-state index contributed by atoms with van der Waals surface area (Å²) in [5.41, 5.74) is 0. The average molecular weight is 294 g/mol. The first-order chi connectivity index (χ1) is 10.2. The molecular formula is C14H18N2O5. The van der Waals surface area contributed by atoms with Gasteiger partial charge in [0.2, 0.25) is 5.91 Å². The molecule has 21 heavy (non-hydrogen) atoms. The third-order valence-electron chi connectivity index (χ3n) is 2.90. The normalized spacial score (nSPS) is 16.0. The number of para-hydroxylation sites is 2. The smallest absolute Gasteiger partial charge is 0.406 e. The van der Waals surface area contributed by atoms with E-state index in [4.69, 9.17) is 9.47 Å². The lowest BCUT2D eigenvalue weighted by Crippen LogP contribution is -2.41. The van der Waals surface area contributed by atoms with E-state index in [-0.39, 0.29) is 25.0 Å². The molecule has 0 aromatic heterocycles. The van der Waals surface area contributed by atoms with E-state index in [0.29, 0.717) is 24.7 Å². The van der Waals surface area contributed by atoms with Gasteiger partial charge in [0.05, 0.1) is 13.7 Å². The van der Waals surface area contributed by atoms with Crippen molar-refractivity contribution >= 4 is 12.0 Å². The topological polar surface area (TPSA) is 85.9 Å². The van der Waals surface area contributed by atoms with Crippen LogP contribution in [0.3, 0.4) is 0 Å². The van der Waals surface area contributed by atoms with Gasteiger partial charge in [-0.05, 0) is 12.1 Å². The van der Waals surface area contributed by atoms with Gasteiger partial charge in [0.25, 0.3) is 0 Å². The van der Waals surface area contributed by atoms with E-state index >= 15 is 0 Å². The molecule has 7 heteroatoms. The standard InChI is InChI=1S/C14H18N2O5/c1-19-14(18)15-7-6-13(17)16-8-10-9-20-11-4-2-3-5-12(11)21-10/h2-5,10H,6-9H2,1H3,(H,15,18)(H,16,17). The number of carbonyl (C=O) groups is 2. The van der Waals surface area contributed by atoms with Crippen LogP contribution in [0.1, 0.15) is 6.42 Å². The Morgan fingerprint density at radius 1 is 1.29 bits per heavy atom. The molecule has 0 radical (unpaired) electrons. The summed E-state index contributed by atoms with van der Waals surface area (Å²) in [5.74, 6) is 1.21. The second-order valence-corrected chi connectivity index (χ2v) is 4.47. The Hall–Kier alpha value is -2.44. The lowest BCUT2D eigenvalue weighted by Gasteiger charge is -2.26. The van der Waals surface area contributed by atoms with Crippen LogP contribution in [0.2, 0.25) is 0 Å². The van der Waals surface area contributed by atoms with Crippen LogP contribution in [0.5, 0.6) is 11.5 Å². The van der Waals surface area contributed by atoms with Crippen LogP contribution in [0.25, 0.3) is 0 Å². The quantitative estimate of drug-likeness (QED) is 0.834. The minimum Gasteiger partial charge on any atom is -0.486 e. The molecular weight excluding hydrogens is 276 g/mol. The molecule has 7 nitrogen and oxygen atoms in total. The van der Waals surface area contributed by atoms with Gasteiger partial charge in [0, 0.05) is 13.0 Å². The fraction of sp³-hybridized carbons (Fsp3) is 0.429. The summed E-state index contributed by atoms with van der Waals surface area (Å²) < 4.78 is 15.7. The molecule has 0 spiro atoms. The number of alkyl carbamates (subject to hydrolysis) is 1. The van der Waals surface area contributed by atoms with Crippen LogP contribution in [-0.4, -0.2) is 44.9 Å². The molecule has 0 bridgehead atoms. The molecule has 1 unspecified atom stereocenters. The molecule has 0 saturated carbocycles. The van der Waals surface area contributed by atoms with Gasteiger partial charge in [0.1, 0.15) is 12.7 Å². The van der Waals surface area contributed by atoms with E-state index in [2.05, 4.69) is 15.4 Å². The fourth-order valence-electron chi connectivity index (χ4n) is 1.83. The van der Waals surface area contributed by atoms with Crippen LogP contribution in [-0.2, 0) is 9.53 Å². The zero-order valence-electron chi connectivity index (χ0n) is 11.8. The van der Waals surface area contributed by atoms with Gasteiger partial charge < -0.3 is 24.8 Å². The Morgan fingerprint density at radius 3 is 2.81 bits per heavy atom. The third kappa shape index (κ3) is 4.55. The predicted molar refractivity (Wildman–Crippen MR) is 74.4 cm³/mol. The van der Waals surface area contributed by atoms with Crippen molar-refractivity contribution in [2.24, 2.45) is 0 Å². The summed E-state index contributed by atoms with van der Waals surface area (Å²) in [6.07, 6.45) is -0.597. The summed E-state index contributed by atoms with van der Waals surface area (Å²) in [5, 5.41) is 5.18. The van der Waals surface area contributed by atoms with E-state index < -0.39 is 6.09 Å². The van der Waals surface area contributed by atoms with Crippen molar-refractivity contribution in [3.8, 4) is 11.5 Å². The minimum atomic E-state index is -0.552. The molecule has 2 amide bonds. The van der Waals surface area contributed by atoms with Gasteiger partial charge in [-0.25, -0.2) is 4.79 Å². The monoisotopic (exact) mass is 294 g/mol. The maximum absolute atomic E-state index is 11.6. The number of nitrogens with one attached hydrogen (secondary N) is 2.